The molecule has 0 aromatic heterocycles. The predicted molar refractivity (Wildman–Crippen MR) is 78.9 cm³/mol. The van der Waals surface area contributed by atoms with Gasteiger partial charge in [0.15, 0.2) is 0 Å². The molecule has 2 atom stereocenters. The van der Waals surface area contributed by atoms with Gasteiger partial charge in [-0.25, -0.2) is 0 Å². The lowest BCUT2D eigenvalue weighted by Crippen LogP contribution is -2.27. The summed E-state index contributed by atoms with van der Waals surface area (Å²) >= 11 is 0. The fourth-order valence-electron chi connectivity index (χ4n) is 2.21. The molecule has 1 unspecified atom stereocenters. The molecular weight excluding hydrogens is 234 g/mol. The third-order valence-corrected chi connectivity index (χ3v) is 3.23. The van der Waals surface area contributed by atoms with Crippen molar-refractivity contribution in [2.75, 3.05) is 6.54 Å². The highest BCUT2D eigenvalue weighted by Crippen LogP contribution is 2.28. The van der Waals surface area contributed by atoms with Crippen LogP contribution in [0.4, 0.5) is 0 Å². The first-order chi connectivity index (χ1) is 9.33. The summed E-state index contributed by atoms with van der Waals surface area (Å²) in [6.07, 6.45) is 0.514. The lowest BCUT2D eigenvalue weighted by molar-refractivity contribution is 0.129. The van der Waals surface area contributed by atoms with E-state index in [9.17, 15) is 5.11 Å². The number of nitrogens with one attached hydrogen (secondary N) is 1. The molecule has 0 spiro atoms. The molecule has 2 N–H and O–H groups in total. The summed E-state index contributed by atoms with van der Waals surface area (Å²) in [5.74, 6) is 0. The van der Waals surface area contributed by atoms with E-state index in [0.717, 1.165) is 24.1 Å². The summed E-state index contributed by atoms with van der Waals surface area (Å²) in [4.78, 5) is 0. The third kappa shape index (κ3) is 3.66. The zero-order valence-corrected chi connectivity index (χ0v) is 11.3. The third-order valence-electron chi connectivity index (χ3n) is 3.23. The maximum absolute atomic E-state index is 10.6. The Morgan fingerprint density at radius 1 is 0.895 bits per heavy atom. The molecule has 2 heteroatoms. The molecule has 0 amide bonds. The largest absolute Gasteiger partial charge is 0.386 e. The molecule has 0 radical (unpaired) electrons. The van der Waals surface area contributed by atoms with Crippen molar-refractivity contribution in [2.24, 2.45) is 0 Å². The van der Waals surface area contributed by atoms with Crippen LogP contribution in [0.2, 0.25) is 0 Å². The van der Waals surface area contributed by atoms with Crippen molar-refractivity contribution in [1.29, 1.82) is 0 Å². The normalized spacial score (nSPS) is 14.0. The molecule has 2 aromatic carbocycles. The van der Waals surface area contributed by atoms with E-state index in [1.165, 1.54) is 0 Å². The van der Waals surface area contributed by atoms with Crippen LogP contribution in [0, 0.1) is 0 Å². The van der Waals surface area contributed by atoms with Crippen molar-refractivity contribution in [3.05, 3.63) is 71.8 Å². The second-order valence-electron chi connectivity index (χ2n) is 4.70. The first-order valence-electron chi connectivity index (χ1n) is 6.84. The molecular formula is C17H21NO. The van der Waals surface area contributed by atoms with Gasteiger partial charge in [0.25, 0.3) is 0 Å². The van der Waals surface area contributed by atoms with Gasteiger partial charge in [-0.1, -0.05) is 67.6 Å². The smallest absolute Gasteiger partial charge is 0.0984 e. The number of hydrogen-bond acceptors (Lipinski definition) is 2. The van der Waals surface area contributed by atoms with Crippen LogP contribution in [0.5, 0.6) is 0 Å². The number of rotatable bonds is 6. The highest BCUT2D eigenvalue weighted by Gasteiger charge is 2.21. The fraction of sp³-hybridized carbons (Fsp3) is 0.294. The number of benzene rings is 2. The van der Waals surface area contributed by atoms with Crippen molar-refractivity contribution in [3.63, 3.8) is 0 Å². The van der Waals surface area contributed by atoms with Crippen LogP contribution in [-0.2, 0) is 0 Å². The zero-order chi connectivity index (χ0) is 13.5. The Bertz CT molecular complexity index is 469. The summed E-state index contributed by atoms with van der Waals surface area (Å²) in [6.45, 7) is 3.02. The van der Waals surface area contributed by atoms with Crippen LogP contribution in [0.15, 0.2) is 60.7 Å². The Kier molecular flexibility index (Phi) is 5.13. The van der Waals surface area contributed by atoms with E-state index in [2.05, 4.69) is 24.4 Å². The van der Waals surface area contributed by atoms with E-state index >= 15 is 0 Å². The highest BCUT2D eigenvalue weighted by molar-refractivity contribution is 5.26. The minimum atomic E-state index is -0.532. The molecule has 0 aliphatic carbocycles. The van der Waals surface area contributed by atoms with Gasteiger partial charge >= 0.3 is 0 Å². The minimum absolute atomic E-state index is 0.0662. The molecule has 0 heterocycles. The Morgan fingerprint density at radius 2 is 1.42 bits per heavy atom. The van der Waals surface area contributed by atoms with Gasteiger partial charge in [0.2, 0.25) is 0 Å². The average molecular weight is 255 g/mol. The summed E-state index contributed by atoms with van der Waals surface area (Å²) in [6, 6.07) is 19.9. The summed E-state index contributed by atoms with van der Waals surface area (Å²) in [7, 11) is 0. The lowest BCUT2D eigenvalue weighted by Gasteiger charge is -2.25. The van der Waals surface area contributed by atoms with Crippen molar-refractivity contribution in [2.45, 2.75) is 25.5 Å². The first kappa shape index (κ1) is 13.8. The molecule has 0 saturated heterocycles. The van der Waals surface area contributed by atoms with Crippen LogP contribution in [0.25, 0.3) is 0 Å². The molecule has 0 aliphatic heterocycles. The van der Waals surface area contributed by atoms with Gasteiger partial charge < -0.3 is 10.4 Å². The van der Waals surface area contributed by atoms with Gasteiger partial charge in [0, 0.05) is 0 Å². The van der Waals surface area contributed by atoms with Crippen molar-refractivity contribution < 1.29 is 5.11 Å². The molecule has 2 aromatic rings. The zero-order valence-electron chi connectivity index (χ0n) is 11.3. The number of hydrogen-bond donors (Lipinski definition) is 2. The molecule has 0 saturated carbocycles. The summed E-state index contributed by atoms with van der Waals surface area (Å²) in [5, 5.41) is 14.0. The van der Waals surface area contributed by atoms with Gasteiger partial charge in [-0.3, -0.25) is 0 Å². The second kappa shape index (κ2) is 7.07. The molecule has 0 aliphatic rings. The monoisotopic (exact) mass is 255 g/mol. The summed E-state index contributed by atoms with van der Waals surface area (Å²) in [5.41, 5.74) is 2.06. The molecule has 2 nitrogen and oxygen atoms in total. The minimum Gasteiger partial charge on any atom is -0.386 e. The Hall–Kier alpha value is -1.64. The van der Waals surface area contributed by atoms with Crippen LogP contribution in [0.3, 0.4) is 0 Å². The highest BCUT2D eigenvalue weighted by atomic mass is 16.3. The molecule has 0 bridgehead atoms. The van der Waals surface area contributed by atoms with Crippen molar-refractivity contribution in [1.82, 2.24) is 5.32 Å². The van der Waals surface area contributed by atoms with Crippen LogP contribution in [-0.4, -0.2) is 11.7 Å². The van der Waals surface area contributed by atoms with E-state index < -0.39 is 6.10 Å². The fourth-order valence-corrected chi connectivity index (χ4v) is 2.21. The first-order valence-corrected chi connectivity index (χ1v) is 6.84. The maximum atomic E-state index is 10.6. The van der Waals surface area contributed by atoms with E-state index in [4.69, 9.17) is 0 Å². The van der Waals surface area contributed by atoms with Crippen LogP contribution < -0.4 is 5.32 Å². The molecule has 0 fully saturated rings. The molecule has 19 heavy (non-hydrogen) atoms. The van der Waals surface area contributed by atoms with Gasteiger partial charge in [-0.15, -0.1) is 0 Å². The van der Waals surface area contributed by atoms with Crippen molar-refractivity contribution >= 4 is 0 Å². The molecule has 100 valence electrons. The Balaban J connectivity index is 2.22. The van der Waals surface area contributed by atoms with E-state index in [-0.39, 0.29) is 6.04 Å². The predicted octanol–water partition coefficient (Wildman–Crippen LogP) is 3.46. The second-order valence-corrected chi connectivity index (χ2v) is 4.70. The maximum Gasteiger partial charge on any atom is 0.0984 e. The van der Waals surface area contributed by atoms with Crippen LogP contribution >= 0.6 is 0 Å². The number of aliphatic hydroxyl groups is 1. The average Bonchev–Trinajstić information content (AvgIpc) is 2.49. The quantitative estimate of drug-likeness (QED) is 0.828. The van der Waals surface area contributed by atoms with Crippen molar-refractivity contribution in [3.8, 4) is 0 Å². The Morgan fingerprint density at radius 3 is 1.95 bits per heavy atom. The SMILES string of the molecule is CCCN[C@H](c1ccccc1)C(O)c1ccccc1. The van der Waals surface area contributed by atoms with Gasteiger partial charge in [-0.05, 0) is 24.1 Å². The van der Waals surface area contributed by atoms with E-state index in [0.29, 0.717) is 0 Å². The van der Waals surface area contributed by atoms with Crippen LogP contribution in [0.1, 0.15) is 36.6 Å². The standard InChI is InChI=1S/C17H21NO/c1-2-13-18-16(14-9-5-3-6-10-14)17(19)15-11-7-4-8-12-15/h3-12,16-19H,2,13H2,1H3/t16-,17?/m1/s1. The number of aliphatic hydroxyl groups excluding tert-OH is 1. The van der Waals surface area contributed by atoms with E-state index in [1.807, 2.05) is 48.5 Å². The van der Waals surface area contributed by atoms with E-state index in [1.54, 1.807) is 0 Å². The Labute approximate surface area is 115 Å². The molecule has 2 rings (SSSR count). The van der Waals surface area contributed by atoms with Gasteiger partial charge in [-0.2, -0.15) is 0 Å². The lowest BCUT2D eigenvalue weighted by atomic mass is 9.96. The van der Waals surface area contributed by atoms with Gasteiger partial charge in [0.1, 0.15) is 0 Å². The van der Waals surface area contributed by atoms with Gasteiger partial charge in [0.05, 0.1) is 12.1 Å². The summed E-state index contributed by atoms with van der Waals surface area (Å²) < 4.78 is 0. The topological polar surface area (TPSA) is 32.3 Å².